The minimum Gasteiger partial charge on any atom is -0.462 e. The lowest BCUT2D eigenvalue weighted by Gasteiger charge is -2.45. The van der Waals surface area contributed by atoms with Crippen LogP contribution in [-0.2, 0) is 19.1 Å². The van der Waals surface area contributed by atoms with Gasteiger partial charge in [0.05, 0.1) is 6.42 Å². The van der Waals surface area contributed by atoms with Crippen molar-refractivity contribution in [1.82, 2.24) is 16.0 Å². The Morgan fingerprint density at radius 1 is 0.610 bits per heavy atom. The zero-order chi connectivity index (χ0) is 31.9. The highest BCUT2D eigenvalue weighted by atomic mass is 16.5. The number of hydrogen-bond donors (Lipinski definition) is 4. The van der Waals surface area contributed by atoms with Crippen LogP contribution >= 0.6 is 0 Å². The Balaban J connectivity index is 0.000000316. The van der Waals surface area contributed by atoms with Gasteiger partial charge in [0.15, 0.2) is 0 Å². The third-order valence-electron chi connectivity index (χ3n) is 7.82. The van der Waals surface area contributed by atoms with Gasteiger partial charge in [-0.2, -0.15) is 0 Å². The van der Waals surface area contributed by atoms with E-state index in [1.807, 2.05) is 6.92 Å². The number of carbonyl (C=O) groups is 2. The molecule has 3 fully saturated rings. The molecule has 0 saturated carbocycles. The molecule has 0 aromatic carbocycles. The SMILES string of the molecule is CC1(C)CC(OC(=O)CCN)CC(C)(C)N1.CC1(C)CCCC(C)(C)N1.CCC(=O)OC1CC(C)(C)NC(C)(C)C1. The molecule has 0 radical (unpaired) electrons. The molecule has 0 aliphatic carbocycles. The molecule has 3 aliphatic heterocycles. The van der Waals surface area contributed by atoms with Gasteiger partial charge < -0.3 is 31.2 Å². The second-order valence-electron chi connectivity index (χ2n) is 16.5. The van der Waals surface area contributed by atoms with E-state index in [9.17, 15) is 9.59 Å². The topological polar surface area (TPSA) is 115 Å². The van der Waals surface area contributed by atoms with Gasteiger partial charge >= 0.3 is 11.9 Å². The maximum absolute atomic E-state index is 11.4. The summed E-state index contributed by atoms with van der Waals surface area (Å²) in [6, 6.07) is 0. The van der Waals surface area contributed by atoms with Gasteiger partial charge in [-0.15, -0.1) is 0 Å². The lowest BCUT2D eigenvalue weighted by Crippen LogP contribution is -2.59. The first-order valence-electron chi connectivity index (χ1n) is 15.9. The molecule has 3 heterocycles. The highest BCUT2D eigenvalue weighted by Gasteiger charge is 2.40. The van der Waals surface area contributed by atoms with Crippen molar-refractivity contribution in [3.63, 3.8) is 0 Å². The fourth-order valence-corrected chi connectivity index (χ4v) is 7.27. The zero-order valence-corrected chi connectivity index (χ0v) is 28.9. The molecule has 41 heavy (non-hydrogen) atoms. The highest BCUT2D eigenvalue weighted by molar-refractivity contribution is 5.69. The van der Waals surface area contributed by atoms with E-state index in [2.05, 4.69) is 99.0 Å². The Morgan fingerprint density at radius 2 is 0.927 bits per heavy atom. The first kappa shape index (κ1) is 37.8. The van der Waals surface area contributed by atoms with Crippen molar-refractivity contribution in [3.05, 3.63) is 0 Å². The largest absolute Gasteiger partial charge is 0.462 e. The summed E-state index contributed by atoms with van der Waals surface area (Å²) in [5.41, 5.74) is 6.16. The summed E-state index contributed by atoms with van der Waals surface area (Å²) < 4.78 is 10.9. The lowest BCUT2D eigenvalue weighted by atomic mass is 9.81. The Bertz CT molecular complexity index is 802. The van der Waals surface area contributed by atoms with E-state index >= 15 is 0 Å². The zero-order valence-electron chi connectivity index (χ0n) is 28.9. The molecule has 0 aromatic heterocycles. The number of ether oxygens (including phenoxy) is 2. The maximum atomic E-state index is 11.4. The van der Waals surface area contributed by atoms with Crippen molar-refractivity contribution in [2.75, 3.05) is 6.54 Å². The van der Waals surface area contributed by atoms with Gasteiger partial charge in [0.1, 0.15) is 12.2 Å². The van der Waals surface area contributed by atoms with Crippen molar-refractivity contribution in [2.24, 2.45) is 5.73 Å². The van der Waals surface area contributed by atoms with E-state index in [0.717, 1.165) is 25.7 Å². The standard InChI is InChI=1S/C12H24N2O2.C12H23NO2.C9H19N/c1-11(2)7-9(8-12(3,4)14-11)16-10(15)5-6-13;1-6-10(14)15-9-7-11(2,3)13-12(4,5)8-9;1-8(2)6-5-7-9(3,4)10-8/h9,14H,5-8,13H2,1-4H3;9,13H,6-8H2,1-5H3;10H,5-7H2,1-4H3. The summed E-state index contributed by atoms with van der Waals surface area (Å²) in [4.78, 5) is 22.7. The number of esters is 2. The van der Waals surface area contributed by atoms with Crippen molar-refractivity contribution in [2.45, 2.75) is 193 Å². The van der Waals surface area contributed by atoms with Gasteiger partial charge in [-0.1, -0.05) is 6.92 Å². The minimum absolute atomic E-state index is 0.00491. The number of carbonyl (C=O) groups excluding carboxylic acids is 2. The van der Waals surface area contributed by atoms with Crippen molar-refractivity contribution < 1.29 is 19.1 Å². The normalized spacial score (nSPS) is 25.8. The fraction of sp³-hybridized carbons (Fsp3) is 0.939. The number of nitrogens with one attached hydrogen (secondary N) is 3. The molecule has 3 saturated heterocycles. The van der Waals surface area contributed by atoms with E-state index in [1.165, 1.54) is 19.3 Å². The molecule has 0 aromatic rings. The summed E-state index contributed by atoms with van der Waals surface area (Å²) in [5, 5.41) is 10.7. The van der Waals surface area contributed by atoms with Crippen LogP contribution in [0.4, 0.5) is 0 Å². The molecule has 0 unspecified atom stereocenters. The third-order valence-corrected chi connectivity index (χ3v) is 7.82. The fourth-order valence-electron chi connectivity index (χ4n) is 7.27. The van der Waals surface area contributed by atoms with Crippen LogP contribution < -0.4 is 21.7 Å². The number of hydrogen-bond acceptors (Lipinski definition) is 8. The Kier molecular flexibility index (Phi) is 13.4. The molecule has 242 valence electrons. The predicted octanol–water partition coefficient (Wildman–Crippen LogP) is 5.75. The third kappa shape index (κ3) is 15.7. The summed E-state index contributed by atoms with van der Waals surface area (Å²) in [5.74, 6) is -0.269. The van der Waals surface area contributed by atoms with Gasteiger partial charge in [-0.3, -0.25) is 9.59 Å². The van der Waals surface area contributed by atoms with Crippen LogP contribution in [0.3, 0.4) is 0 Å². The van der Waals surface area contributed by atoms with Crippen LogP contribution in [0.1, 0.15) is 148 Å². The Morgan fingerprint density at radius 3 is 1.20 bits per heavy atom. The van der Waals surface area contributed by atoms with Crippen LogP contribution in [0.25, 0.3) is 0 Å². The molecule has 0 atom stereocenters. The van der Waals surface area contributed by atoms with Crippen LogP contribution in [-0.4, -0.2) is 63.9 Å². The number of nitrogens with two attached hydrogens (primary N) is 1. The lowest BCUT2D eigenvalue weighted by molar-refractivity contribution is -0.154. The van der Waals surface area contributed by atoms with E-state index in [-0.39, 0.29) is 46.3 Å². The van der Waals surface area contributed by atoms with Gasteiger partial charge in [-0.25, -0.2) is 0 Å². The maximum Gasteiger partial charge on any atom is 0.307 e. The first-order chi connectivity index (χ1) is 18.4. The van der Waals surface area contributed by atoms with Crippen LogP contribution in [0.15, 0.2) is 0 Å². The number of piperidine rings is 3. The summed E-state index contributed by atoms with van der Waals surface area (Å²) >= 11 is 0. The molecule has 0 spiro atoms. The second kappa shape index (κ2) is 14.5. The average Bonchev–Trinajstić information content (AvgIpc) is 2.68. The molecule has 5 N–H and O–H groups in total. The van der Waals surface area contributed by atoms with E-state index < -0.39 is 0 Å². The van der Waals surface area contributed by atoms with Crippen LogP contribution in [0.2, 0.25) is 0 Å². The van der Waals surface area contributed by atoms with E-state index in [1.54, 1.807) is 0 Å². The molecule has 0 bridgehead atoms. The van der Waals surface area contributed by atoms with E-state index in [0.29, 0.717) is 30.5 Å². The van der Waals surface area contributed by atoms with Crippen LogP contribution in [0.5, 0.6) is 0 Å². The molecule has 8 nitrogen and oxygen atoms in total. The smallest absolute Gasteiger partial charge is 0.307 e. The molecular formula is C33H66N4O4. The minimum atomic E-state index is -0.180. The molecule has 0 amide bonds. The van der Waals surface area contributed by atoms with E-state index in [4.69, 9.17) is 15.2 Å². The monoisotopic (exact) mass is 583 g/mol. The summed E-state index contributed by atoms with van der Waals surface area (Å²) in [6.07, 6.45) is 8.33. The van der Waals surface area contributed by atoms with Gasteiger partial charge in [0.25, 0.3) is 0 Å². The first-order valence-corrected chi connectivity index (χ1v) is 15.9. The highest BCUT2D eigenvalue weighted by Crippen LogP contribution is 2.31. The average molecular weight is 583 g/mol. The Labute approximate surface area is 252 Å². The molecule has 3 rings (SSSR count). The quantitative estimate of drug-likeness (QED) is 0.303. The van der Waals surface area contributed by atoms with Crippen LogP contribution in [0, 0.1) is 0 Å². The van der Waals surface area contributed by atoms with Gasteiger partial charge in [-0.05, 0) is 102 Å². The summed E-state index contributed by atoms with van der Waals surface area (Å²) in [6.45, 7) is 28.5. The second-order valence-corrected chi connectivity index (χ2v) is 16.5. The van der Waals surface area contributed by atoms with Gasteiger partial charge in [0.2, 0.25) is 0 Å². The molecule has 3 aliphatic rings. The molecule has 8 heteroatoms. The van der Waals surface area contributed by atoms with Gasteiger partial charge in [0, 0.05) is 71.9 Å². The van der Waals surface area contributed by atoms with Crippen molar-refractivity contribution in [3.8, 4) is 0 Å². The Hall–Kier alpha value is -1.22. The predicted molar refractivity (Wildman–Crippen MR) is 170 cm³/mol. The molecular weight excluding hydrogens is 516 g/mol. The van der Waals surface area contributed by atoms with Crippen molar-refractivity contribution in [1.29, 1.82) is 0 Å². The number of rotatable bonds is 5. The summed E-state index contributed by atoms with van der Waals surface area (Å²) in [7, 11) is 0. The van der Waals surface area contributed by atoms with Crippen molar-refractivity contribution >= 4 is 11.9 Å².